The average molecular weight is 264 g/mol. The lowest BCUT2D eigenvalue weighted by atomic mass is 10.2. The van der Waals surface area contributed by atoms with Crippen molar-refractivity contribution in [3.8, 4) is 0 Å². The lowest BCUT2D eigenvalue weighted by Gasteiger charge is -2.27. The summed E-state index contributed by atoms with van der Waals surface area (Å²) in [7, 11) is 0. The summed E-state index contributed by atoms with van der Waals surface area (Å²) < 4.78 is 0. The minimum atomic E-state index is -1.77. The fourth-order valence-electron chi connectivity index (χ4n) is 1.95. The Morgan fingerprint density at radius 1 is 1.59 bits per heavy atom. The van der Waals surface area contributed by atoms with Gasteiger partial charge in [-0.15, -0.1) is 0 Å². The molecule has 0 spiro atoms. The van der Waals surface area contributed by atoms with Gasteiger partial charge in [0, 0.05) is 12.3 Å². The summed E-state index contributed by atoms with van der Waals surface area (Å²) in [5, 5.41) is 13.1. The van der Waals surface area contributed by atoms with Gasteiger partial charge in [-0.25, -0.2) is 9.79 Å². The van der Waals surface area contributed by atoms with E-state index in [1.54, 1.807) is 6.08 Å². The summed E-state index contributed by atoms with van der Waals surface area (Å²) in [6.07, 6.45) is 7.75. The molecule has 0 saturated heterocycles. The SMILES string of the molecule is F.O=C(O)C1(Cl)N=CC=C(NC2CCCC2)N1. The van der Waals surface area contributed by atoms with Gasteiger partial charge in [-0.2, -0.15) is 0 Å². The van der Waals surface area contributed by atoms with Gasteiger partial charge in [-0.05, 0) is 18.9 Å². The molecule has 0 amide bonds. The van der Waals surface area contributed by atoms with Crippen LogP contribution in [0.1, 0.15) is 25.7 Å². The first kappa shape index (κ1) is 13.8. The number of alkyl halides is 1. The molecule has 1 saturated carbocycles. The molecule has 1 fully saturated rings. The number of hydrogen-bond donors (Lipinski definition) is 3. The molecular weight excluding hydrogens is 249 g/mol. The summed E-state index contributed by atoms with van der Waals surface area (Å²) in [6.45, 7) is 0. The van der Waals surface area contributed by atoms with Gasteiger partial charge in [0.25, 0.3) is 0 Å². The second-order valence-corrected chi connectivity index (χ2v) is 4.58. The van der Waals surface area contributed by atoms with Gasteiger partial charge in [0.2, 0.25) is 0 Å². The monoisotopic (exact) mass is 263 g/mol. The van der Waals surface area contributed by atoms with Crippen LogP contribution in [0, 0.1) is 0 Å². The van der Waals surface area contributed by atoms with E-state index in [0.29, 0.717) is 11.9 Å². The zero-order valence-corrected chi connectivity index (χ0v) is 9.91. The molecule has 2 aliphatic rings. The average Bonchev–Trinajstić information content (AvgIpc) is 2.70. The maximum atomic E-state index is 10.9. The molecule has 0 aromatic heterocycles. The van der Waals surface area contributed by atoms with Gasteiger partial charge in [0.1, 0.15) is 5.82 Å². The number of rotatable bonds is 3. The summed E-state index contributed by atoms with van der Waals surface area (Å²) >= 11 is 5.80. The molecule has 0 aromatic rings. The van der Waals surface area contributed by atoms with Crippen molar-refractivity contribution in [1.82, 2.24) is 10.6 Å². The van der Waals surface area contributed by atoms with Crippen molar-refractivity contribution in [3.05, 3.63) is 11.9 Å². The largest absolute Gasteiger partial charge is 0.477 e. The maximum Gasteiger partial charge on any atom is 0.369 e. The Labute approximate surface area is 103 Å². The maximum absolute atomic E-state index is 10.9. The van der Waals surface area contributed by atoms with Crippen molar-refractivity contribution < 1.29 is 14.6 Å². The van der Waals surface area contributed by atoms with Crippen molar-refractivity contribution in [1.29, 1.82) is 0 Å². The highest BCUT2D eigenvalue weighted by molar-refractivity contribution is 6.33. The van der Waals surface area contributed by atoms with Crippen LogP contribution in [-0.2, 0) is 4.79 Å². The van der Waals surface area contributed by atoms with Gasteiger partial charge in [-0.3, -0.25) is 4.70 Å². The normalized spacial score (nSPS) is 27.9. The molecule has 5 nitrogen and oxygen atoms in total. The predicted octanol–water partition coefficient (Wildman–Crippen LogP) is 1.16. The van der Waals surface area contributed by atoms with Gasteiger partial charge in [0.05, 0.1) is 0 Å². The summed E-state index contributed by atoms with van der Waals surface area (Å²) in [5.41, 5.74) is 0. The minimum Gasteiger partial charge on any atom is -0.477 e. The van der Waals surface area contributed by atoms with Crippen LogP contribution in [0.5, 0.6) is 0 Å². The van der Waals surface area contributed by atoms with E-state index in [2.05, 4.69) is 15.6 Å². The van der Waals surface area contributed by atoms with Crippen molar-refractivity contribution in [2.24, 2.45) is 4.99 Å². The first-order chi connectivity index (χ1) is 7.60. The second-order valence-electron chi connectivity index (χ2n) is 4.04. The molecule has 96 valence electrons. The molecule has 1 aliphatic heterocycles. The molecule has 3 N–H and O–H groups in total. The van der Waals surface area contributed by atoms with Crippen LogP contribution in [0.25, 0.3) is 0 Å². The Hall–Kier alpha value is -1.30. The molecule has 1 aliphatic carbocycles. The van der Waals surface area contributed by atoms with Crippen LogP contribution in [0.3, 0.4) is 0 Å². The van der Waals surface area contributed by atoms with Crippen molar-refractivity contribution in [3.63, 3.8) is 0 Å². The highest BCUT2D eigenvalue weighted by Gasteiger charge is 2.37. The number of carboxylic acids is 1. The lowest BCUT2D eigenvalue weighted by Crippen LogP contribution is -2.50. The van der Waals surface area contributed by atoms with Gasteiger partial charge in [-0.1, -0.05) is 24.4 Å². The molecule has 1 heterocycles. The van der Waals surface area contributed by atoms with Gasteiger partial charge >= 0.3 is 11.1 Å². The van der Waals surface area contributed by atoms with E-state index >= 15 is 0 Å². The van der Waals surface area contributed by atoms with Crippen LogP contribution in [0.15, 0.2) is 16.9 Å². The van der Waals surface area contributed by atoms with Crippen molar-refractivity contribution >= 4 is 23.8 Å². The summed E-state index contributed by atoms with van der Waals surface area (Å²) in [6, 6.07) is 0.403. The molecule has 0 bridgehead atoms. The van der Waals surface area contributed by atoms with Crippen LogP contribution in [0.4, 0.5) is 4.70 Å². The van der Waals surface area contributed by atoms with E-state index in [1.807, 2.05) is 0 Å². The third-order valence-corrected chi connectivity index (χ3v) is 3.15. The Balaban J connectivity index is 0.00000144. The molecule has 1 atom stereocenters. The highest BCUT2D eigenvalue weighted by atomic mass is 35.5. The van der Waals surface area contributed by atoms with Gasteiger partial charge < -0.3 is 15.7 Å². The number of allylic oxidation sites excluding steroid dienone is 1. The Kier molecular flexibility index (Phi) is 4.34. The van der Waals surface area contributed by atoms with E-state index < -0.39 is 11.1 Å². The molecule has 7 heteroatoms. The van der Waals surface area contributed by atoms with Crippen LogP contribution >= 0.6 is 11.6 Å². The Morgan fingerprint density at radius 3 is 2.82 bits per heavy atom. The molecule has 17 heavy (non-hydrogen) atoms. The van der Waals surface area contributed by atoms with Crippen LogP contribution in [0.2, 0.25) is 0 Å². The number of carbonyl (C=O) groups is 1. The van der Waals surface area contributed by atoms with Crippen molar-refractivity contribution in [2.75, 3.05) is 0 Å². The number of hydrogen-bond acceptors (Lipinski definition) is 4. The van der Waals surface area contributed by atoms with E-state index in [-0.39, 0.29) is 4.70 Å². The highest BCUT2D eigenvalue weighted by Crippen LogP contribution is 2.21. The number of halogens is 2. The number of nitrogens with one attached hydrogen (secondary N) is 2. The number of carboxylic acid groups (broad SMARTS) is 1. The quantitative estimate of drug-likeness (QED) is 0.528. The Bertz CT molecular complexity index is 355. The number of nitrogens with zero attached hydrogens (tertiary/aromatic N) is 1. The fraction of sp³-hybridized carbons (Fsp3) is 0.600. The molecular formula is C10H15ClFN3O2. The van der Waals surface area contributed by atoms with E-state index in [9.17, 15) is 4.79 Å². The Morgan fingerprint density at radius 2 is 2.24 bits per heavy atom. The van der Waals surface area contributed by atoms with Crippen LogP contribution in [-0.4, -0.2) is 28.5 Å². The third kappa shape index (κ3) is 3.09. The minimum absolute atomic E-state index is 0. The van der Waals surface area contributed by atoms with Gasteiger partial charge in [0.15, 0.2) is 0 Å². The summed E-state index contributed by atoms with van der Waals surface area (Å²) in [5.74, 6) is -0.580. The van der Waals surface area contributed by atoms with E-state index in [1.165, 1.54) is 19.1 Å². The first-order valence-corrected chi connectivity index (χ1v) is 5.70. The zero-order valence-electron chi connectivity index (χ0n) is 9.15. The van der Waals surface area contributed by atoms with Crippen molar-refractivity contribution in [2.45, 2.75) is 36.8 Å². The van der Waals surface area contributed by atoms with E-state index in [0.717, 1.165) is 12.8 Å². The second kappa shape index (κ2) is 5.35. The third-order valence-electron chi connectivity index (χ3n) is 2.79. The molecule has 2 rings (SSSR count). The smallest absolute Gasteiger partial charge is 0.369 e. The lowest BCUT2D eigenvalue weighted by molar-refractivity contribution is -0.140. The standard InChI is InChI=1S/C10H14ClN3O2.FH/c11-10(9(15)16)12-6-5-8(14-10)13-7-3-1-2-4-7;/h5-7,13-14H,1-4H2,(H,15,16);1H. The fourth-order valence-corrected chi connectivity index (χ4v) is 2.11. The zero-order chi connectivity index (χ0) is 11.6. The number of aliphatic imine (C=N–C) groups is 1. The molecule has 0 radical (unpaired) electrons. The predicted molar refractivity (Wildman–Crippen MR) is 63.8 cm³/mol. The van der Waals surface area contributed by atoms with E-state index in [4.69, 9.17) is 16.7 Å². The number of aliphatic carboxylic acids is 1. The van der Waals surface area contributed by atoms with Crippen LogP contribution < -0.4 is 10.6 Å². The summed E-state index contributed by atoms with van der Waals surface area (Å²) in [4.78, 5) is 14.6. The molecule has 0 aromatic carbocycles. The molecule has 1 unspecified atom stereocenters. The first-order valence-electron chi connectivity index (χ1n) is 5.33. The topological polar surface area (TPSA) is 73.7 Å².